The second-order valence-electron chi connectivity index (χ2n) is 5.01. The number of halogens is 1. The van der Waals surface area contributed by atoms with Crippen molar-refractivity contribution < 1.29 is 9.59 Å². The highest BCUT2D eigenvalue weighted by Crippen LogP contribution is 2.14. The number of hydrogen-bond donors (Lipinski definition) is 1. The van der Waals surface area contributed by atoms with Gasteiger partial charge in [-0.25, -0.2) is 0 Å². The first-order chi connectivity index (χ1) is 10.4. The first kappa shape index (κ1) is 16.8. The summed E-state index contributed by atoms with van der Waals surface area (Å²) in [6, 6.07) is 7.29. The Bertz CT molecular complexity index is 639. The largest absolute Gasteiger partial charge is 0.325 e. The van der Waals surface area contributed by atoms with Crippen LogP contribution in [0.1, 0.15) is 13.8 Å². The minimum Gasteiger partial charge on any atom is -0.325 e. The zero-order valence-electron chi connectivity index (χ0n) is 12.4. The lowest BCUT2D eigenvalue weighted by Gasteiger charge is -2.14. The molecule has 0 spiro atoms. The summed E-state index contributed by atoms with van der Waals surface area (Å²) in [5.74, 6) is 0.532. The number of nitrogens with one attached hydrogen (secondary N) is 1. The Morgan fingerprint density at radius 1 is 1.36 bits per heavy atom. The predicted molar refractivity (Wildman–Crippen MR) is 92.8 cm³/mol. The van der Waals surface area contributed by atoms with Crippen LogP contribution in [0.4, 0.5) is 5.69 Å². The van der Waals surface area contributed by atoms with Crippen LogP contribution in [0.3, 0.4) is 0 Å². The molecule has 1 aliphatic heterocycles. The van der Waals surface area contributed by atoms with Gasteiger partial charge in [-0.1, -0.05) is 15.9 Å². The van der Waals surface area contributed by atoms with Crippen molar-refractivity contribution in [3.05, 3.63) is 28.7 Å². The Morgan fingerprint density at radius 2 is 2.05 bits per heavy atom. The summed E-state index contributed by atoms with van der Waals surface area (Å²) in [6.45, 7) is 3.76. The molecule has 1 heterocycles. The molecule has 1 atom stereocenters. The molecule has 0 radical (unpaired) electrons. The van der Waals surface area contributed by atoms with Gasteiger partial charge in [0.25, 0.3) is 0 Å². The Hall–Kier alpha value is -1.54. The molecule has 2 rings (SSSR count). The fourth-order valence-electron chi connectivity index (χ4n) is 1.77. The molecule has 8 heteroatoms. The molecule has 22 heavy (non-hydrogen) atoms. The first-order valence-corrected chi connectivity index (χ1v) is 8.98. The molecule has 1 saturated heterocycles. The van der Waals surface area contributed by atoms with E-state index in [-0.39, 0.29) is 18.4 Å². The van der Waals surface area contributed by atoms with Crippen LogP contribution in [-0.4, -0.2) is 40.6 Å². The minimum absolute atomic E-state index is 0.0444. The monoisotopic (exact) mass is 384 g/mol. The molecule has 1 N–H and O–H groups in total. The number of carbonyl (C=O) groups excluding carboxylic acids is 2. The van der Waals surface area contributed by atoms with Crippen molar-refractivity contribution in [2.75, 3.05) is 23.5 Å². The van der Waals surface area contributed by atoms with Gasteiger partial charge < -0.3 is 10.2 Å². The second-order valence-corrected chi connectivity index (χ2v) is 7.56. The van der Waals surface area contributed by atoms with Gasteiger partial charge >= 0.3 is 0 Å². The fraction of sp³-hybridized carbons (Fsp3) is 0.357. The smallest absolute Gasteiger partial charge is 0.244 e. The maximum Gasteiger partial charge on any atom is 0.244 e. The van der Waals surface area contributed by atoms with Gasteiger partial charge in [0.2, 0.25) is 11.8 Å². The molecular weight excluding hydrogens is 368 g/mol. The highest BCUT2D eigenvalue weighted by molar-refractivity contribution is 9.10. The van der Waals surface area contributed by atoms with Crippen molar-refractivity contribution in [3.63, 3.8) is 0 Å². The number of carbonyl (C=O) groups is 2. The number of anilines is 1. The van der Waals surface area contributed by atoms with Crippen LogP contribution < -0.4 is 5.32 Å². The van der Waals surface area contributed by atoms with Gasteiger partial charge in [0, 0.05) is 15.9 Å². The third kappa shape index (κ3) is 5.03. The molecule has 0 aliphatic carbocycles. The van der Waals surface area contributed by atoms with Gasteiger partial charge in [-0.15, -0.1) is 4.47 Å². The van der Waals surface area contributed by atoms with E-state index in [1.807, 2.05) is 26.0 Å². The summed E-state index contributed by atoms with van der Waals surface area (Å²) in [6.07, 6.45) is 0. The zero-order valence-corrected chi connectivity index (χ0v) is 14.8. The molecular formula is C14H17BrN4O2S. The molecule has 0 aromatic heterocycles. The van der Waals surface area contributed by atoms with E-state index in [4.69, 9.17) is 0 Å². The van der Waals surface area contributed by atoms with Gasteiger partial charge in [0.05, 0.1) is 11.6 Å². The van der Waals surface area contributed by atoms with Gasteiger partial charge in [-0.2, -0.15) is 5.10 Å². The van der Waals surface area contributed by atoms with E-state index >= 15 is 0 Å². The molecule has 1 aromatic carbocycles. The van der Waals surface area contributed by atoms with Gasteiger partial charge in [0.1, 0.15) is 6.54 Å². The maximum absolute atomic E-state index is 12.0. The summed E-state index contributed by atoms with van der Waals surface area (Å²) < 4.78 is 5.08. The SMILES string of the molecule is CC(C)=N/N=S1/CC(=O)N(CC(=O)Nc2ccc(Br)cc2)C1. The third-order valence-corrected chi connectivity index (χ3v) is 4.80. The summed E-state index contributed by atoms with van der Waals surface area (Å²) in [4.78, 5) is 25.4. The van der Waals surface area contributed by atoms with Crippen LogP contribution >= 0.6 is 15.9 Å². The van der Waals surface area contributed by atoms with Crippen molar-refractivity contribution >= 4 is 49.8 Å². The molecule has 6 nitrogen and oxygen atoms in total. The molecule has 118 valence electrons. The quantitative estimate of drug-likeness (QED) is 0.639. The average Bonchev–Trinajstić information content (AvgIpc) is 2.79. The van der Waals surface area contributed by atoms with Crippen molar-refractivity contribution in [3.8, 4) is 0 Å². The topological polar surface area (TPSA) is 74.1 Å². The van der Waals surface area contributed by atoms with Crippen molar-refractivity contribution in [1.82, 2.24) is 4.90 Å². The van der Waals surface area contributed by atoms with E-state index in [0.717, 1.165) is 10.2 Å². The summed E-state index contributed by atoms with van der Waals surface area (Å²) in [7, 11) is -0.446. The summed E-state index contributed by atoms with van der Waals surface area (Å²) in [5.41, 5.74) is 1.56. The van der Waals surface area contributed by atoms with E-state index in [0.29, 0.717) is 17.3 Å². The molecule has 1 aliphatic rings. The summed E-state index contributed by atoms with van der Waals surface area (Å²) in [5, 5.41) is 6.77. The molecule has 1 unspecified atom stereocenters. The second kappa shape index (κ2) is 7.64. The number of hydrogen-bond acceptors (Lipinski definition) is 3. The first-order valence-electron chi connectivity index (χ1n) is 6.67. The molecule has 0 saturated carbocycles. The van der Waals surface area contributed by atoms with Crippen LogP contribution in [0.5, 0.6) is 0 Å². The summed E-state index contributed by atoms with van der Waals surface area (Å²) >= 11 is 3.34. The van der Waals surface area contributed by atoms with Gasteiger partial charge in [-0.3, -0.25) is 9.59 Å². The molecule has 1 fully saturated rings. The predicted octanol–water partition coefficient (Wildman–Crippen LogP) is 2.38. The Balaban J connectivity index is 1.92. The lowest BCUT2D eigenvalue weighted by molar-refractivity contribution is -0.130. The van der Waals surface area contributed by atoms with Crippen molar-refractivity contribution in [2.24, 2.45) is 9.57 Å². The number of rotatable bonds is 4. The highest BCUT2D eigenvalue weighted by Gasteiger charge is 2.26. The average molecular weight is 385 g/mol. The molecule has 2 amide bonds. The number of nitrogens with zero attached hydrogens (tertiary/aromatic N) is 3. The van der Waals surface area contributed by atoms with Crippen LogP contribution in [-0.2, 0) is 20.3 Å². The van der Waals surface area contributed by atoms with Crippen molar-refractivity contribution in [2.45, 2.75) is 13.8 Å². The van der Waals surface area contributed by atoms with Gasteiger partial charge in [0.15, 0.2) is 0 Å². The Kier molecular flexibility index (Phi) is 5.84. The minimum atomic E-state index is -0.446. The van der Waals surface area contributed by atoms with Crippen molar-refractivity contribution in [1.29, 1.82) is 0 Å². The van der Waals surface area contributed by atoms with Gasteiger partial charge in [-0.05, 0) is 48.8 Å². The Labute approximate surface area is 140 Å². The lowest BCUT2D eigenvalue weighted by Crippen LogP contribution is -2.34. The van der Waals surface area contributed by atoms with E-state index in [2.05, 4.69) is 30.8 Å². The molecule has 1 aromatic rings. The number of benzene rings is 1. The van der Waals surface area contributed by atoms with Crippen LogP contribution in [0, 0.1) is 0 Å². The zero-order chi connectivity index (χ0) is 16.1. The third-order valence-electron chi connectivity index (χ3n) is 2.77. The highest BCUT2D eigenvalue weighted by atomic mass is 79.9. The Morgan fingerprint density at radius 3 is 2.68 bits per heavy atom. The van der Waals surface area contributed by atoms with Crippen LogP contribution in [0.15, 0.2) is 38.3 Å². The normalized spacial score (nSPS) is 17.7. The van der Waals surface area contributed by atoms with E-state index in [9.17, 15) is 9.59 Å². The molecule has 0 bridgehead atoms. The maximum atomic E-state index is 12.0. The lowest BCUT2D eigenvalue weighted by atomic mass is 10.3. The van der Waals surface area contributed by atoms with E-state index < -0.39 is 10.7 Å². The van der Waals surface area contributed by atoms with Crippen LogP contribution in [0.2, 0.25) is 0 Å². The standard InChI is InChI=1S/C14H17BrN4O2S/c1-10(2)17-18-22-8-14(21)19(9-22)7-13(20)16-12-5-3-11(15)4-6-12/h3-6H,7-9H2,1-2H3,(H,16,20). The van der Waals surface area contributed by atoms with E-state index in [1.165, 1.54) is 4.90 Å². The van der Waals surface area contributed by atoms with Crippen LogP contribution in [0.25, 0.3) is 0 Å². The number of amides is 2. The van der Waals surface area contributed by atoms with E-state index in [1.54, 1.807) is 12.1 Å². The fourth-order valence-corrected chi connectivity index (χ4v) is 3.57.